The molecule has 96 valence electrons. The van der Waals surface area contributed by atoms with E-state index in [0.29, 0.717) is 5.52 Å². The molecule has 0 saturated carbocycles. The highest BCUT2D eigenvalue weighted by molar-refractivity contribution is 7.18. The Morgan fingerprint density at radius 3 is 2.83 bits per heavy atom. The maximum absolute atomic E-state index is 12.6. The van der Waals surface area contributed by atoms with E-state index >= 15 is 0 Å². The van der Waals surface area contributed by atoms with Gasteiger partial charge in [0.2, 0.25) is 0 Å². The van der Waals surface area contributed by atoms with Crippen molar-refractivity contribution in [1.82, 2.24) is 10.3 Å². The lowest BCUT2D eigenvalue weighted by Crippen LogP contribution is -2.12. The molecule has 1 saturated heterocycles. The zero-order valence-corrected chi connectivity index (χ0v) is 10.2. The van der Waals surface area contributed by atoms with Gasteiger partial charge in [-0.15, -0.1) is 11.3 Å². The normalized spacial score (nSPS) is 20.7. The lowest BCUT2D eigenvalue weighted by molar-refractivity contribution is -0.137. The van der Waals surface area contributed by atoms with Crippen LogP contribution in [0, 0.1) is 0 Å². The summed E-state index contributed by atoms with van der Waals surface area (Å²) >= 11 is 1.47. The second kappa shape index (κ2) is 4.20. The summed E-state index contributed by atoms with van der Waals surface area (Å²) in [5.41, 5.74) is -0.190. The summed E-state index contributed by atoms with van der Waals surface area (Å²) in [5.74, 6) is 0. The molecule has 1 aromatic heterocycles. The molecule has 0 spiro atoms. The van der Waals surface area contributed by atoms with Gasteiger partial charge in [-0.2, -0.15) is 13.2 Å². The number of nitrogens with one attached hydrogen (secondary N) is 1. The van der Waals surface area contributed by atoms with Gasteiger partial charge in [0.15, 0.2) is 0 Å². The Labute approximate surface area is 106 Å². The molecule has 1 N–H and O–H groups in total. The van der Waals surface area contributed by atoms with Gasteiger partial charge in [-0.05, 0) is 37.6 Å². The van der Waals surface area contributed by atoms with Crippen LogP contribution in [0.2, 0.25) is 0 Å². The van der Waals surface area contributed by atoms with Crippen molar-refractivity contribution in [3.63, 3.8) is 0 Å². The van der Waals surface area contributed by atoms with E-state index < -0.39 is 11.7 Å². The van der Waals surface area contributed by atoms with Gasteiger partial charge in [0.05, 0.1) is 21.8 Å². The number of aromatic nitrogens is 1. The minimum Gasteiger partial charge on any atom is -0.308 e. The average Bonchev–Trinajstić information content (AvgIpc) is 2.95. The molecule has 2 aromatic rings. The molecule has 18 heavy (non-hydrogen) atoms. The van der Waals surface area contributed by atoms with Crippen molar-refractivity contribution < 1.29 is 13.2 Å². The number of fused-ring (bicyclic) bond motifs is 1. The standard InChI is InChI=1S/C12H11F3N2S/c13-12(14,15)7-3-4-10-9(6-7)17-11(18-10)8-2-1-5-16-8/h3-4,6,8,16H,1-2,5H2/t8-/m0/s1. The molecule has 1 aliphatic rings. The highest BCUT2D eigenvalue weighted by Gasteiger charge is 2.31. The van der Waals surface area contributed by atoms with Crippen LogP contribution in [-0.2, 0) is 6.18 Å². The van der Waals surface area contributed by atoms with Crippen LogP contribution in [0.15, 0.2) is 18.2 Å². The molecule has 1 fully saturated rings. The molecule has 0 radical (unpaired) electrons. The maximum Gasteiger partial charge on any atom is 0.416 e. The van der Waals surface area contributed by atoms with Crippen molar-refractivity contribution >= 4 is 21.6 Å². The molecule has 0 aliphatic carbocycles. The molecule has 6 heteroatoms. The van der Waals surface area contributed by atoms with E-state index in [2.05, 4.69) is 10.3 Å². The highest BCUT2D eigenvalue weighted by atomic mass is 32.1. The largest absolute Gasteiger partial charge is 0.416 e. The molecular weight excluding hydrogens is 261 g/mol. The first kappa shape index (κ1) is 11.9. The van der Waals surface area contributed by atoms with Crippen LogP contribution >= 0.6 is 11.3 Å². The van der Waals surface area contributed by atoms with Gasteiger partial charge in [-0.25, -0.2) is 4.98 Å². The highest BCUT2D eigenvalue weighted by Crippen LogP contribution is 2.35. The van der Waals surface area contributed by atoms with Crippen LogP contribution in [0.3, 0.4) is 0 Å². The van der Waals surface area contributed by atoms with Crippen LogP contribution in [0.25, 0.3) is 10.2 Å². The van der Waals surface area contributed by atoms with Gasteiger partial charge < -0.3 is 5.32 Å². The number of hydrogen-bond donors (Lipinski definition) is 1. The van der Waals surface area contributed by atoms with Crippen molar-refractivity contribution in [2.45, 2.75) is 25.1 Å². The first-order valence-electron chi connectivity index (χ1n) is 5.75. The molecule has 1 aliphatic heterocycles. The molecule has 0 amide bonds. The van der Waals surface area contributed by atoms with Gasteiger partial charge in [0.1, 0.15) is 5.01 Å². The van der Waals surface area contributed by atoms with Crippen LogP contribution in [0.1, 0.15) is 29.5 Å². The smallest absolute Gasteiger partial charge is 0.308 e. The number of benzene rings is 1. The number of rotatable bonds is 1. The predicted octanol–water partition coefficient (Wildman–Crippen LogP) is 3.74. The summed E-state index contributed by atoms with van der Waals surface area (Å²) in [4.78, 5) is 4.32. The molecule has 2 heterocycles. The predicted molar refractivity (Wildman–Crippen MR) is 64.6 cm³/mol. The summed E-state index contributed by atoms with van der Waals surface area (Å²) in [6.07, 6.45) is -2.20. The summed E-state index contributed by atoms with van der Waals surface area (Å²) in [5, 5.41) is 4.19. The number of nitrogens with zero attached hydrogens (tertiary/aromatic N) is 1. The van der Waals surface area contributed by atoms with Crippen molar-refractivity contribution in [2.75, 3.05) is 6.54 Å². The van der Waals surface area contributed by atoms with Crippen LogP contribution in [-0.4, -0.2) is 11.5 Å². The Hall–Kier alpha value is -1.14. The van der Waals surface area contributed by atoms with Crippen molar-refractivity contribution in [1.29, 1.82) is 0 Å². The first-order chi connectivity index (χ1) is 8.54. The molecular formula is C12H11F3N2S. The van der Waals surface area contributed by atoms with Crippen molar-refractivity contribution in [3.05, 3.63) is 28.8 Å². The molecule has 2 nitrogen and oxygen atoms in total. The van der Waals surface area contributed by atoms with E-state index in [0.717, 1.165) is 41.2 Å². The fraction of sp³-hybridized carbons (Fsp3) is 0.417. The van der Waals surface area contributed by atoms with Gasteiger partial charge in [0, 0.05) is 0 Å². The van der Waals surface area contributed by atoms with Gasteiger partial charge in [-0.3, -0.25) is 0 Å². The lowest BCUT2D eigenvalue weighted by atomic mass is 10.2. The molecule has 1 aromatic carbocycles. The SMILES string of the molecule is FC(F)(F)c1ccc2sc([C@@H]3CCCN3)nc2c1. The maximum atomic E-state index is 12.6. The Morgan fingerprint density at radius 2 is 2.17 bits per heavy atom. The topological polar surface area (TPSA) is 24.9 Å². The minimum absolute atomic E-state index is 0.205. The van der Waals surface area contributed by atoms with Crippen molar-refractivity contribution in [3.8, 4) is 0 Å². The minimum atomic E-state index is -4.30. The third kappa shape index (κ3) is 2.10. The fourth-order valence-electron chi connectivity index (χ4n) is 2.17. The average molecular weight is 272 g/mol. The summed E-state index contributed by atoms with van der Waals surface area (Å²) in [6, 6.07) is 3.96. The lowest BCUT2D eigenvalue weighted by Gasteiger charge is -2.05. The molecule has 0 unspecified atom stereocenters. The Morgan fingerprint density at radius 1 is 1.33 bits per heavy atom. The van der Waals surface area contributed by atoms with Gasteiger partial charge in [-0.1, -0.05) is 0 Å². The molecule has 0 bridgehead atoms. The Balaban J connectivity index is 2.01. The summed E-state index contributed by atoms with van der Waals surface area (Å²) in [6.45, 7) is 0.953. The number of alkyl halides is 3. The van der Waals surface area contributed by atoms with Gasteiger partial charge >= 0.3 is 6.18 Å². The van der Waals surface area contributed by atoms with E-state index in [1.165, 1.54) is 17.4 Å². The van der Waals surface area contributed by atoms with Crippen LogP contribution in [0.5, 0.6) is 0 Å². The second-order valence-corrected chi connectivity index (χ2v) is 5.44. The van der Waals surface area contributed by atoms with Gasteiger partial charge in [0.25, 0.3) is 0 Å². The number of halogens is 3. The third-order valence-electron chi connectivity index (χ3n) is 3.09. The van der Waals surface area contributed by atoms with E-state index in [-0.39, 0.29) is 6.04 Å². The Kier molecular flexibility index (Phi) is 2.79. The van der Waals surface area contributed by atoms with E-state index in [1.807, 2.05) is 0 Å². The monoisotopic (exact) mass is 272 g/mol. The fourth-order valence-corrected chi connectivity index (χ4v) is 3.22. The first-order valence-corrected chi connectivity index (χ1v) is 6.57. The van der Waals surface area contributed by atoms with E-state index in [9.17, 15) is 13.2 Å². The van der Waals surface area contributed by atoms with E-state index in [1.54, 1.807) is 0 Å². The second-order valence-electron chi connectivity index (χ2n) is 4.38. The number of thiazole rings is 1. The molecule has 1 atom stereocenters. The van der Waals surface area contributed by atoms with Crippen LogP contribution < -0.4 is 5.32 Å². The number of hydrogen-bond acceptors (Lipinski definition) is 3. The van der Waals surface area contributed by atoms with Crippen LogP contribution in [0.4, 0.5) is 13.2 Å². The third-order valence-corrected chi connectivity index (χ3v) is 4.24. The quantitative estimate of drug-likeness (QED) is 0.855. The molecule has 3 rings (SSSR count). The summed E-state index contributed by atoms with van der Waals surface area (Å²) < 4.78 is 38.6. The van der Waals surface area contributed by atoms with E-state index in [4.69, 9.17) is 0 Å². The Bertz CT molecular complexity index is 570. The zero-order valence-electron chi connectivity index (χ0n) is 9.42. The summed E-state index contributed by atoms with van der Waals surface area (Å²) in [7, 11) is 0. The van der Waals surface area contributed by atoms with Crippen molar-refractivity contribution in [2.24, 2.45) is 0 Å². The zero-order chi connectivity index (χ0) is 12.8.